The van der Waals surface area contributed by atoms with E-state index in [1.165, 1.54) is 30.3 Å². The van der Waals surface area contributed by atoms with Gasteiger partial charge in [0, 0.05) is 5.02 Å². The van der Waals surface area contributed by atoms with Crippen LogP contribution in [-0.2, 0) is 11.2 Å². The molecule has 0 spiro atoms. The Bertz CT molecular complexity index is 895. The molecule has 0 saturated heterocycles. The Morgan fingerprint density at radius 1 is 1.14 bits per heavy atom. The fraction of sp³-hybridized carbons (Fsp3) is 0.381. The molecule has 1 aliphatic carbocycles. The molecule has 2 aromatic carbocycles. The van der Waals surface area contributed by atoms with Gasteiger partial charge in [0.25, 0.3) is 0 Å². The number of amides is 1. The van der Waals surface area contributed by atoms with Crippen molar-refractivity contribution in [2.75, 3.05) is 5.32 Å². The first-order valence-electron chi connectivity index (χ1n) is 9.18. The van der Waals surface area contributed by atoms with Crippen molar-refractivity contribution in [2.45, 2.75) is 38.3 Å². The van der Waals surface area contributed by atoms with Crippen LogP contribution in [0, 0.1) is 17.7 Å². The van der Waals surface area contributed by atoms with Crippen LogP contribution in [0.15, 0.2) is 36.4 Å². The van der Waals surface area contributed by atoms with E-state index in [-0.39, 0.29) is 16.3 Å². The molecule has 3 rings (SSSR count). The molecule has 8 heteroatoms. The molecule has 2 nitrogen and oxygen atoms in total. The highest BCUT2D eigenvalue weighted by Crippen LogP contribution is 2.40. The number of halogens is 6. The average Bonchev–Trinajstić information content (AvgIpc) is 3.46. The molecule has 2 aromatic rings. The third kappa shape index (κ3) is 5.23. The number of benzene rings is 2. The number of carbonyl (C=O) groups excluding carboxylic acids is 1. The Hall–Kier alpha value is -1.79. The molecule has 1 amide bonds. The zero-order valence-corrected chi connectivity index (χ0v) is 17.0. The summed E-state index contributed by atoms with van der Waals surface area (Å²) in [5, 5.41) is 2.56. The lowest BCUT2D eigenvalue weighted by molar-refractivity contribution is -0.178. The second-order valence-electron chi connectivity index (χ2n) is 7.39. The fourth-order valence-electron chi connectivity index (χ4n) is 3.23. The van der Waals surface area contributed by atoms with Gasteiger partial charge in [0.1, 0.15) is 0 Å². The zero-order valence-electron chi connectivity index (χ0n) is 15.5. The molecule has 1 aliphatic rings. The monoisotopic (exact) mass is 447 g/mol. The number of carbonyl (C=O) groups is 1. The second kappa shape index (κ2) is 8.52. The minimum atomic E-state index is -4.63. The topological polar surface area (TPSA) is 29.1 Å². The van der Waals surface area contributed by atoms with Crippen LogP contribution in [0.5, 0.6) is 0 Å². The van der Waals surface area contributed by atoms with E-state index >= 15 is 0 Å². The van der Waals surface area contributed by atoms with Crippen molar-refractivity contribution in [3.63, 3.8) is 0 Å². The summed E-state index contributed by atoms with van der Waals surface area (Å²) in [6.07, 6.45) is -2.11. The number of alkyl halides is 3. The smallest absolute Gasteiger partial charge is 0.322 e. The van der Waals surface area contributed by atoms with Crippen molar-refractivity contribution in [2.24, 2.45) is 11.8 Å². The first-order valence-corrected chi connectivity index (χ1v) is 9.93. The molecular weight excluding hydrogens is 429 g/mol. The Morgan fingerprint density at radius 2 is 1.76 bits per heavy atom. The molecule has 29 heavy (non-hydrogen) atoms. The zero-order chi connectivity index (χ0) is 21.3. The first-order chi connectivity index (χ1) is 13.6. The van der Waals surface area contributed by atoms with E-state index < -0.39 is 29.7 Å². The lowest BCUT2D eigenvalue weighted by Crippen LogP contribution is -2.34. The van der Waals surface area contributed by atoms with Gasteiger partial charge >= 0.3 is 6.18 Å². The minimum Gasteiger partial charge on any atom is -0.322 e. The molecule has 2 atom stereocenters. The summed E-state index contributed by atoms with van der Waals surface area (Å²) in [4.78, 5) is 12.9. The molecule has 1 N–H and O–H groups in total. The highest BCUT2D eigenvalue weighted by Gasteiger charge is 2.45. The molecule has 0 heterocycles. The van der Waals surface area contributed by atoms with Crippen molar-refractivity contribution in [1.29, 1.82) is 0 Å². The van der Waals surface area contributed by atoms with Crippen LogP contribution in [0.1, 0.15) is 36.8 Å². The van der Waals surface area contributed by atoms with E-state index in [1.54, 1.807) is 6.07 Å². The predicted octanol–water partition coefficient (Wildman–Crippen LogP) is 7.01. The molecule has 1 fully saturated rings. The molecule has 1 saturated carbocycles. The van der Waals surface area contributed by atoms with Gasteiger partial charge in [-0.1, -0.05) is 48.3 Å². The maximum absolute atomic E-state index is 14.9. The SMILES string of the molecule is C[C@H]([C@H](C(=O)Nc1c(Cl)ccc(CC2CC2)c1F)c1ccc(Cl)cc1)C(F)(F)F. The molecule has 0 aliphatic heterocycles. The molecule has 156 valence electrons. The minimum absolute atomic E-state index is 0.0649. The maximum atomic E-state index is 14.9. The average molecular weight is 448 g/mol. The molecular formula is C21H19Cl2F4NO. The lowest BCUT2D eigenvalue weighted by atomic mass is 9.85. The maximum Gasteiger partial charge on any atom is 0.392 e. The van der Waals surface area contributed by atoms with Crippen LogP contribution in [0.4, 0.5) is 23.2 Å². The standard InChI is InChI=1S/C21H19Cl2F4NO/c1-11(21(25,26)27)17(13-4-7-15(22)8-5-13)20(29)28-19-16(23)9-6-14(18(19)24)10-12-2-3-12/h4-9,11-12,17H,2-3,10H2,1H3,(H,28,29)/t11-,17+/m1/s1. The van der Waals surface area contributed by atoms with Crippen molar-refractivity contribution >= 4 is 34.8 Å². The summed E-state index contributed by atoms with van der Waals surface area (Å²) in [5.74, 6) is -4.88. The number of nitrogens with one attached hydrogen (secondary N) is 1. The number of anilines is 1. The molecule has 0 aromatic heterocycles. The normalized spacial score (nSPS) is 16.4. The number of hydrogen-bond acceptors (Lipinski definition) is 1. The van der Waals surface area contributed by atoms with Crippen molar-refractivity contribution in [3.05, 3.63) is 63.4 Å². The van der Waals surface area contributed by atoms with E-state index in [2.05, 4.69) is 5.32 Å². The Morgan fingerprint density at radius 3 is 2.31 bits per heavy atom. The van der Waals surface area contributed by atoms with Gasteiger partial charge in [-0.15, -0.1) is 0 Å². The van der Waals surface area contributed by atoms with E-state index in [9.17, 15) is 22.4 Å². The van der Waals surface area contributed by atoms with Crippen LogP contribution in [0.2, 0.25) is 10.0 Å². The summed E-state index contributed by atoms with van der Waals surface area (Å²) in [7, 11) is 0. The Balaban J connectivity index is 1.93. The third-order valence-corrected chi connectivity index (χ3v) is 5.72. The van der Waals surface area contributed by atoms with Gasteiger partial charge < -0.3 is 5.32 Å². The summed E-state index contributed by atoms with van der Waals surface area (Å²) < 4.78 is 55.2. The van der Waals surface area contributed by atoms with Crippen LogP contribution in [0.25, 0.3) is 0 Å². The lowest BCUT2D eigenvalue weighted by Gasteiger charge is -2.26. The number of rotatable bonds is 6. The molecule has 0 bridgehead atoms. The fourth-order valence-corrected chi connectivity index (χ4v) is 3.55. The second-order valence-corrected chi connectivity index (χ2v) is 8.24. The Labute approximate surface area is 176 Å². The van der Waals surface area contributed by atoms with Crippen LogP contribution in [-0.4, -0.2) is 12.1 Å². The molecule has 0 unspecified atom stereocenters. The highest BCUT2D eigenvalue weighted by molar-refractivity contribution is 6.33. The van der Waals surface area contributed by atoms with Gasteiger partial charge in [-0.2, -0.15) is 13.2 Å². The predicted molar refractivity (Wildman–Crippen MR) is 106 cm³/mol. The van der Waals surface area contributed by atoms with Gasteiger partial charge in [0.2, 0.25) is 5.91 Å². The van der Waals surface area contributed by atoms with Gasteiger partial charge in [-0.05, 0) is 54.5 Å². The quantitative estimate of drug-likeness (QED) is 0.474. The van der Waals surface area contributed by atoms with Crippen molar-refractivity contribution in [1.82, 2.24) is 0 Å². The molecule has 0 radical (unpaired) electrons. The van der Waals surface area contributed by atoms with E-state index in [4.69, 9.17) is 23.2 Å². The van der Waals surface area contributed by atoms with Crippen LogP contribution < -0.4 is 5.32 Å². The van der Waals surface area contributed by atoms with Crippen LogP contribution >= 0.6 is 23.2 Å². The van der Waals surface area contributed by atoms with Crippen molar-refractivity contribution in [3.8, 4) is 0 Å². The Kier molecular flexibility index (Phi) is 6.44. The van der Waals surface area contributed by atoms with Gasteiger partial charge in [-0.25, -0.2) is 4.39 Å². The summed E-state index contributed by atoms with van der Waals surface area (Å²) in [6.45, 7) is 0.917. The first kappa shape index (κ1) is 21.9. The highest BCUT2D eigenvalue weighted by atomic mass is 35.5. The van der Waals surface area contributed by atoms with Gasteiger partial charge in [-0.3, -0.25) is 4.79 Å². The largest absolute Gasteiger partial charge is 0.392 e. The third-order valence-electron chi connectivity index (χ3n) is 5.15. The van der Waals surface area contributed by atoms with E-state index in [1.807, 2.05) is 0 Å². The summed E-state index contributed by atoms with van der Waals surface area (Å²) in [5.41, 5.74) is 0.227. The van der Waals surface area contributed by atoms with Gasteiger partial charge in [0.05, 0.1) is 22.5 Å². The number of hydrogen-bond donors (Lipinski definition) is 1. The van der Waals surface area contributed by atoms with E-state index in [0.29, 0.717) is 22.9 Å². The summed E-state index contributed by atoms with van der Waals surface area (Å²) in [6, 6.07) is 8.52. The van der Waals surface area contributed by atoms with E-state index in [0.717, 1.165) is 19.8 Å². The van der Waals surface area contributed by atoms with Crippen molar-refractivity contribution < 1.29 is 22.4 Å². The van der Waals surface area contributed by atoms with Gasteiger partial charge in [0.15, 0.2) is 5.82 Å². The summed E-state index contributed by atoms with van der Waals surface area (Å²) >= 11 is 11.9. The van der Waals surface area contributed by atoms with Crippen LogP contribution in [0.3, 0.4) is 0 Å².